The first-order valence-corrected chi connectivity index (χ1v) is 12.1. The highest BCUT2D eigenvalue weighted by atomic mass is 32.2. The van der Waals surface area contributed by atoms with Gasteiger partial charge >= 0.3 is 0 Å². The van der Waals surface area contributed by atoms with Gasteiger partial charge in [-0.05, 0) is 49.3 Å². The maximum absolute atomic E-state index is 12.3. The monoisotopic (exact) mass is 459 g/mol. The van der Waals surface area contributed by atoms with Crippen LogP contribution in [0.1, 0.15) is 47.5 Å². The van der Waals surface area contributed by atoms with Gasteiger partial charge in [0.15, 0.2) is 0 Å². The highest BCUT2D eigenvalue weighted by Crippen LogP contribution is 2.31. The zero-order valence-corrected chi connectivity index (χ0v) is 19.1. The number of nitrogens with zero attached hydrogens (tertiary/aromatic N) is 4. The van der Waals surface area contributed by atoms with Gasteiger partial charge in [-0.25, -0.2) is 4.98 Å². The van der Waals surface area contributed by atoms with Crippen LogP contribution in [-0.2, 0) is 10.2 Å². The first-order chi connectivity index (χ1) is 15.2. The Balaban J connectivity index is 1.40. The minimum Gasteiger partial charge on any atom is -0.367 e. The normalized spacial score (nSPS) is 18.0. The molecule has 2 fully saturated rings. The topological polar surface area (TPSA) is 134 Å². The van der Waals surface area contributed by atoms with E-state index in [1.54, 1.807) is 18.4 Å². The average Bonchev–Trinajstić information content (AvgIpc) is 3.58. The molecule has 2 heterocycles. The summed E-state index contributed by atoms with van der Waals surface area (Å²) in [6, 6.07) is 8.33. The van der Waals surface area contributed by atoms with Gasteiger partial charge in [0.1, 0.15) is 5.82 Å². The Morgan fingerprint density at radius 1 is 1.12 bits per heavy atom. The van der Waals surface area contributed by atoms with Crippen molar-refractivity contribution in [2.45, 2.75) is 37.6 Å². The second-order valence-electron chi connectivity index (χ2n) is 8.45. The number of rotatable bonds is 8. The second-order valence-corrected chi connectivity index (χ2v) is 10.6. The number of benzene rings is 1. The Bertz CT molecular complexity index is 1080. The predicted molar refractivity (Wildman–Crippen MR) is 123 cm³/mol. The van der Waals surface area contributed by atoms with Crippen molar-refractivity contribution in [2.24, 2.45) is 5.73 Å². The fraction of sp³-hybridized carbons (Fsp3) is 0.476. The lowest BCUT2D eigenvalue weighted by Gasteiger charge is -2.33. The summed E-state index contributed by atoms with van der Waals surface area (Å²) in [5, 5.41) is 6.39. The molecule has 1 saturated heterocycles. The molecular weight excluding hydrogens is 430 g/mol. The SMILES string of the molecule is CN(C)S(=O)(=O)N1CCC(c2ccc(Nc3ncc(C(N)=O)c(NC4CC4)n3)cc2)CC1. The second kappa shape index (κ2) is 9.00. The van der Waals surface area contributed by atoms with E-state index >= 15 is 0 Å². The molecule has 0 atom stereocenters. The van der Waals surface area contributed by atoms with Crippen LogP contribution in [0.15, 0.2) is 30.5 Å². The largest absolute Gasteiger partial charge is 0.367 e. The number of aromatic nitrogens is 2. The number of carbonyl (C=O) groups excluding carboxylic acids is 1. The lowest BCUT2D eigenvalue weighted by molar-refractivity contribution is 0.100. The van der Waals surface area contributed by atoms with Crippen molar-refractivity contribution in [1.82, 2.24) is 18.6 Å². The first kappa shape index (κ1) is 22.4. The fourth-order valence-corrected chi connectivity index (χ4v) is 4.91. The molecule has 0 spiro atoms. The summed E-state index contributed by atoms with van der Waals surface area (Å²) in [6.07, 6.45) is 5.10. The zero-order valence-electron chi connectivity index (χ0n) is 18.3. The van der Waals surface area contributed by atoms with Gasteiger partial charge in [0.25, 0.3) is 16.1 Å². The minimum atomic E-state index is -3.35. The molecule has 1 aromatic heterocycles. The molecule has 11 heteroatoms. The van der Waals surface area contributed by atoms with Gasteiger partial charge in [0.05, 0.1) is 5.56 Å². The number of hydrogen-bond donors (Lipinski definition) is 3. The molecular formula is C21H29N7O3S. The van der Waals surface area contributed by atoms with Crippen LogP contribution < -0.4 is 16.4 Å². The quantitative estimate of drug-likeness (QED) is 0.549. The lowest BCUT2D eigenvalue weighted by atomic mass is 9.90. The number of anilines is 3. The van der Waals surface area contributed by atoms with E-state index in [4.69, 9.17) is 5.73 Å². The summed E-state index contributed by atoms with van der Waals surface area (Å²) in [4.78, 5) is 20.3. The summed E-state index contributed by atoms with van der Waals surface area (Å²) in [5.41, 5.74) is 7.71. The number of hydrogen-bond acceptors (Lipinski definition) is 7. The van der Waals surface area contributed by atoms with Crippen molar-refractivity contribution < 1.29 is 13.2 Å². The number of nitrogens with two attached hydrogens (primary N) is 1. The molecule has 4 N–H and O–H groups in total. The van der Waals surface area contributed by atoms with Crippen molar-refractivity contribution in [2.75, 3.05) is 37.8 Å². The maximum atomic E-state index is 12.3. The third kappa shape index (κ3) is 5.00. The zero-order chi connectivity index (χ0) is 22.9. The van der Waals surface area contributed by atoms with Gasteiger partial charge in [0, 0.05) is 45.1 Å². The molecule has 0 bridgehead atoms. The highest BCUT2D eigenvalue weighted by molar-refractivity contribution is 7.86. The van der Waals surface area contributed by atoms with Crippen molar-refractivity contribution >= 4 is 33.6 Å². The van der Waals surface area contributed by atoms with Crippen LogP contribution in [0.2, 0.25) is 0 Å². The van der Waals surface area contributed by atoms with Gasteiger partial charge < -0.3 is 16.4 Å². The van der Waals surface area contributed by atoms with Crippen LogP contribution in [0.25, 0.3) is 0 Å². The molecule has 172 valence electrons. The van der Waals surface area contributed by atoms with Crippen molar-refractivity contribution in [3.8, 4) is 0 Å². The summed E-state index contributed by atoms with van der Waals surface area (Å²) in [5.74, 6) is 0.591. The van der Waals surface area contributed by atoms with Gasteiger partial charge in [-0.15, -0.1) is 0 Å². The summed E-state index contributed by atoms with van der Waals surface area (Å²) < 4.78 is 27.4. The molecule has 1 amide bonds. The van der Waals surface area contributed by atoms with E-state index in [9.17, 15) is 13.2 Å². The van der Waals surface area contributed by atoms with E-state index in [-0.39, 0.29) is 5.56 Å². The van der Waals surface area contributed by atoms with E-state index < -0.39 is 16.1 Å². The first-order valence-electron chi connectivity index (χ1n) is 10.7. The summed E-state index contributed by atoms with van der Waals surface area (Å²) in [6.45, 7) is 1.03. The Hall–Kier alpha value is -2.76. The molecule has 1 aliphatic heterocycles. The van der Waals surface area contributed by atoms with Gasteiger partial charge in [0.2, 0.25) is 5.95 Å². The molecule has 10 nitrogen and oxygen atoms in total. The highest BCUT2D eigenvalue weighted by Gasteiger charge is 2.30. The number of amides is 1. The number of piperidine rings is 1. The van der Waals surface area contributed by atoms with E-state index in [1.807, 2.05) is 24.3 Å². The Kier molecular flexibility index (Phi) is 6.31. The number of primary amides is 1. The van der Waals surface area contributed by atoms with Crippen molar-refractivity contribution in [3.05, 3.63) is 41.6 Å². The molecule has 4 rings (SSSR count). The van der Waals surface area contributed by atoms with E-state index in [1.165, 1.54) is 16.1 Å². The Labute approximate surface area is 188 Å². The molecule has 2 aliphatic rings. The van der Waals surface area contributed by atoms with Crippen LogP contribution in [0.5, 0.6) is 0 Å². The van der Waals surface area contributed by atoms with Crippen LogP contribution in [-0.4, -0.2) is 66.1 Å². The third-order valence-electron chi connectivity index (χ3n) is 5.85. The molecule has 1 aromatic carbocycles. The smallest absolute Gasteiger partial charge is 0.281 e. The van der Waals surface area contributed by atoms with Gasteiger partial charge in [-0.2, -0.15) is 22.0 Å². The van der Waals surface area contributed by atoms with E-state index in [0.717, 1.165) is 31.4 Å². The van der Waals surface area contributed by atoms with Crippen LogP contribution in [0, 0.1) is 0 Å². The maximum Gasteiger partial charge on any atom is 0.281 e. The van der Waals surface area contributed by atoms with Crippen LogP contribution in [0.3, 0.4) is 0 Å². The number of nitrogens with one attached hydrogen (secondary N) is 2. The summed E-state index contributed by atoms with van der Waals surface area (Å²) >= 11 is 0. The molecule has 0 radical (unpaired) electrons. The van der Waals surface area contributed by atoms with Crippen molar-refractivity contribution in [1.29, 1.82) is 0 Å². The van der Waals surface area contributed by atoms with Crippen molar-refractivity contribution in [3.63, 3.8) is 0 Å². The van der Waals surface area contributed by atoms with Crippen LogP contribution >= 0.6 is 0 Å². The molecule has 1 saturated carbocycles. The molecule has 32 heavy (non-hydrogen) atoms. The van der Waals surface area contributed by atoms with Gasteiger partial charge in [-0.3, -0.25) is 4.79 Å². The number of carbonyl (C=O) groups is 1. The van der Waals surface area contributed by atoms with Gasteiger partial charge in [-0.1, -0.05) is 12.1 Å². The van der Waals surface area contributed by atoms with E-state index in [0.29, 0.717) is 36.8 Å². The standard InChI is InChI=1S/C21H29N7O3S/c1-27(2)32(30,31)28-11-9-15(10-12-28)14-3-5-17(6-4-14)25-21-23-13-18(19(22)29)20(26-21)24-16-7-8-16/h3-6,13,15-16H,7-12H2,1-2H3,(H2,22,29)(H2,23,24,25,26). The predicted octanol–water partition coefficient (Wildman–Crippen LogP) is 1.88. The average molecular weight is 460 g/mol. The van der Waals surface area contributed by atoms with Crippen LogP contribution in [0.4, 0.5) is 17.5 Å². The molecule has 2 aromatic rings. The van der Waals surface area contributed by atoms with E-state index in [2.05, 4.69) is 20.6 Å². The Morgan fingerprint density at radius 2 is 1.78 bits per heavy atom. The third-order valence-corrected chi connectivity index (χ3v) is 7.79. The summed E-state index contributed by atoms with van der Waals surface area (Å²) in [7, 11) is -0.236. The lowest BCUT2D eigenvalue weighted by Crippen LogP contribution is -2.44. The molecule has 0 unspecified atom stereocenters. The molecule has 1 aliphatic carbocycles. The Morgan fingerprint density at radius 3 is 2.34 bits per heavy atom. The fourth-order valence-electron chi connectivity index (χ4n) is 3.77. The minimum absolute atomic E-state index is 0.278.